The third kappa shape index (κ3) is 3.30. The number of carbonyl (C=O) groups is 1. The molecule has 2 aromatic heterocycles. The van der Waals surface area contributed by atoms with Gasteiger partial charge in [-0.1, -0.05) is 19.3 Å². The number of ether oxygens (including phenoxy) is 2. The summed E-state index contributed by atoms with van der Waals surface area (Å²) in [6, 6.07) is 9.71. The summed E-state index contributed by atoms with van der Waals surface area (Å²) < 4.78 is 13.2. The predicted octanol–water partition coefficient (Wildman–Crippen LogP) is 4.29. The maximum Gasteiger partial charge on any atom is 0.227 e. The second kappa shape index (κ2) is 7.19. The van der Waals surface area contributed by atoms with Crippen LogP contribution in [0.15, 0.2) is 42.7 Å². The quantitative estimate of drug-likeness (QED) is 0.739. The van der Waals surface area contributed by atoms with Crippen LogP contribution in [0.25, 0.3) is 16.9 Å². The first-order valence-corrected chi connectivity index (χ1v) is 9.96. The van der Waals surface area contributed by atoms with Crippen LogP contribution in [0.2, 0.25) is 0 Å². The molecule has 6 heteroatoms. The van der Waals surface area contributed by atoms with Gasteiger partial charge in [0, 0.05) is 23.9 Å². The van der Waals surface area contributed by atoms with E-state index in [1.165, 1.54) is 6.42 Å². The topological polar surface area (TPSA) is 64.9 Å². The number of hydrogen-bond donors (Lipinski definition) is 1. The number of aromatic nitrogens is 2. The molecule has 0 radical (unpaired) electrons. The average Bonchev–Trinajstić information content (AvgIpc) is 3.17. The van der Waals surface area contributed by atoms with Gasteiger partial charge in [-0.3, -0.25) is 4.79 Å². The summed E-state index contributed by atoms with van der Waals surface area (Å²) in [5.74, 6) is 1.79. The Morgan fingerprint density at radius 1 is 1.00 bits per heavy atom. The van der Waals surface area contributed by atoms with Crippen molar-refractivity contribution in [3.05, 3.63) is 42.7 Å². The standard InChI is InChI=1S/C22H23N3O3/c26-22(15-4-2-1-3-5-15)23-17-7-9-21-24-18(14-25(21)13-17)16-6-8-19-20(12-16)28-11-10-27-19/h6-9,12-15H,1-5,10-11H2,(H,23,26). The molecule has 3 aromatic rings. The van der Waals surface area contributed by atoms with Crippen LogP contribution < -0.4 is 14.8 Å². The van der Waals surface area contributed by atoms with E-state index in [2.05, 4.69) is 5.32 Å². The maximum absolute atomic E-state index is 12.5. The Hall–Kier alpha value is -3.02. The largest absolute Gasteiger partial charge is 0.486 e. The number of anilines is 1. The molecule has 144 valence electrons. The van der Waals surface area contributed by atoms with Gasteiger partial charge in [0.25, 0.3) is 0 Å². The number of benzene rings is 1. The van der Waals surface area contributed by atoms with E-state index in [0.717, 1.165) is 59.8 Å². The van der Waals surface area contributed by atoms with Gasteiger partial charge in [0.1, 0.15) is 18.9 Å². The van der Waals surface area contributed by atoms with Crippen LogP contribution in [0.5, 0.6) is 11.5 Å². The van der Waals surface area contributed by atoms with E-state index in [1.807, 2.05) is 47.1 Å². The Labute approximate surface area is 163 Å². The number of nitrogens with one attached hydrogen (secondary N) is 1. The highest BCUT2D eigenvalue weighted by Crippen LogP contribution is 2.34. The smallest absolute Gasteiger partial charge is 0.227 e. The van der Waals surface area contributed by atoms with Gasteiger partial charge < -0.3 is 19.2 Å². The fourth-order valence-corrected chi connectivity index (χ4v) is 4.02. The van der Waals surface area contributed by atoms with E-state index in [1.54, 1.807) is 0 Å². The molecule has 28 heavy (non-hydrogen) atoms. The van der Waals surface area contributed by atoms with Crippen molar-refractivity contribution in [2.24, 2.45) is 5.92 Å². The number of fused-ring (bicyclic) bond motifs is 2. The van der Waals surface area contributed by atoms with E-state index in [0.29, 0.717) is 13.2 Å². The number of amides is 1. The molecular formula is C22H23N3O3. The normalized spacial score (nSPS) is 16.9. The number of hydrogen-bond acceptors (Lipinski definition) is 4. The molecule has 0 saturated heterocycles. The molecule has 0 bridgehead atoms. The summed E-state index contributed by atoms with van der Waals surface area (Å²) in [6.07, 6.45) is 9.42. The molecular weight excluding hydrogens is 354 g/mol. The molecule has 1 N–H and O–H groups in total. The van der Waals surface area contributed by atoms with E-state index >= 15 is 0 Å². The molecule has 1 aromatic carbocycles. The van der Waals surface area contributed by atoms with Crippen LogP contribution in [0.3, 0.4) is 0 Å². The summed E-state index contributed by atoms with van der Waals surface area (Å²) in [5, 5.41) is 3.07. The molecule has 6 nitrogen and oxygen atoms in total. The summed E-state index contributed by atoms with van der Waals surface area (Å²) in [4.78, 5) is 17.2. The van der Waals surface area contributed by atoms with Gasteiger partial charge in [0.2, 0.25) is 5.91 Å². The first-order chi connectivity index (χ1) is 13.8. The molecule has 1 aliphatic heterocycles. The minimum absolute atomic E-state index is 0.131. The van der Waals surface area contributed by atoms with Crippen molar-refractivity contribution in [2.75, 3.05) is 18.5 Å². The second-order valence-electron chi connectivity index (χ2n) is 7.49. The second-order valence-corrected chi connectivity index (χ2v) is 7.49. The maximum atomic E-state index is 12.5. The highest BCUT2D eigenvalue weighted by molar-refractivity contribution is 5.92. The number of pyridine rings is 1. The van der Waals surface area contributed by atoms with Crippen LogP contribution in [0.1, 0.15) is 32.1 Å². The van der Waals surface area contributed by atoms with Crippen LogP contribution in [0.4, 0.5) is 5.69 Å². The van der Waals surface area contributed by atoms with Gasteiger partial charge in [-0.15, -0.1) is 0 Å². The van der Waals surface area contributed by atoms with Crippen LogP contribution in [-0.2, 0) is 4.79 Å². The first kappa shape index (κ1) is 17.1. The van der Waals surface area contributed by atoms with Crippen molar-refractivity contribution in [3.63, 3.8) is 0 Å². The molecule has 1 fully saturated rings. The van der Waals surface area contributed by atoms with E-state index in [4.69, 9.17) is 14.5 Å². The van der Waals surface area contributed by atoms with E-state index in [9.17, 15) is 4.79 Å². The summed E-state index contributed by atoms with van der Waals surface area (Å²) in [6.45, 7) is 1.14. The molecule has 0 atom stereocenters. The highest BCUT2D eigenvalue weighted by atomic mass is 16.6. The average molecular weight is 377 g/mol. The minimum atomic E-state index is 0.131. The van der Waals surface area contributed by atoms with Crippen LogP contribution in [0, 0.1) is 5.92 Å². The summed E-state index contributed by atoms with van der Waals surface area (Å²) in [7, 11) is 0. The zero-order chi connectivity index (χ0) is 18.9. The SMILES string of the molecule is O=C(Nc1ccc2nc(-c3ccc4c(c3)OCCO4)cn2c1)C1CCCCC1. The van der Waals surface area contributed by atoms with Gasteiger partial charge in [-0.05, 0) is 43.2 Å². The van der Waals surface area contributed by atoms with Gasteiger partial charge in [-0.2, -0.15) is 0 Å². The lowest BCUT2D eigenvalue weighted by atomic mass is 9.88. The van der Waals surface area contributed by atoms with E-state index in [-0.39, 0.29) is 11.8 Å². The lowest BCUT2D eigenvalue weighted by Gasteiger charge is -2.20. The lowest BCUT2D eigenvalue weighted by molar-refractivity contribution is -0.120. The third-order valence-electron chi connectivity index (χ3n) is 5.53. The molecule has 0 unspecified atom stereocenters. The van der Waals surface area contributed by atoms with Crippen molar-refractivity contribution >= 4 is 17.2 Å². The van der Waals surface area contributed by atoms with Gasteiger partial charge >= 0.3 is 0 Å². The Balaban J connectivity index is 1.38. The number of carbonyl (C=O) groups excluding carboxylic acids is 1. The summed E-state index contributed by atoms with van der Waals surface area (Å²) in [5.41, 5.74) is 3.46. The van der Waals surface area contributed by atoms with Crippen LogP contribution >= 0.6 is 0 Å². The van der Waals surface area contributed by atoms with Gasteiger partial charge in [0.05, 0.1) is 11.4 Å². The van der Waals surface area contributed by atoms with Crippen molar-refractivity contribution in [1.29, 1.82) is 0 Å². The lowest BCUT2D eigenvalue weighted by Crippen LogP contribution is -2.24. The Kier molecular flexibility index (Phi) is 4.39. The fraction of sp³-hybridized carbons (Fsp3) is 0.364. The molecule has 1 amide bonds. The number of imidazole rings is 1. The van der Waals surface area contributed by atoms with Gasteiger partial charge in [-0.25, -0.2) is 4.98 Å². The summed E-state index contributed by atoms with van der Waals surface area (Å²) >= 11 is 0. The minimum Gasteiger partial charge on any atom is -0.486 e. The van der Waals surface area contributed by atoms with Crippen molar-refractivity contribution in [2.45, 2.75) is 32.1 Å². The first-order valence-electron chi connectivity index (χ1n) is 9.96. The van der Waals surface area contributed by atoms with Crippen molar-refractivity contribution in [1.82, 2.24) is 9.38 Å². The van der Waals surface area contributed by atoms with Gasteiger partial charge in [0.15, 0.2) is 11.5 Å². The Morgan fingerprint density at radius 3 is 2.68 bits per heavy atom. The zero-order valence-corrected chi connectivity index (χ0v) is 15.7. The monoisotopic (exact) mass is 377 g/mol. The molecule has 3 heterocycles. The Bertz CT molecular complexity index is 1020. The van der Waals surface area contributed by atoms with Crippen molar-refractivity contribution in [3.8, 4) is 22.8 Å². The molecule has 2 aliphatic rings. The molecule has 0 spiro atoms. The van der Waals surface area contributed by atoms with Crippen LogP contribution in [-0.4, -0.2) is 28.5 Å². The number of nitrogens with zero attached hydrogens (tertiary/aromatic N) is 2. The van der Waals surface area contributed by atoms with Crippen molar-refractivity contribution < 1.29 is 14.3 Å². The fourth-order valence-electron chi connectivity index (χ4n) is 4.02. The predicted molar refractivity (Wildman–Crippen MR) is 107 cm³/mol. The highest BCUT2D eigenvalue weighted by Gasteiger charge is 2.21. The Morgan fingerprint density at radius 2 is 1.82 bits per heavy atom. The molecule has 5 rings (SSSR count). The molecule has 1 aliphatic carbocycles. The molecule has 1 saturated carbocycles. The van der Waals surface area contributed by atoms with E-state index < -0.39 is 0 Å². The number of rotatable bonds is 3. The third-order valence-corrected chi connectivity index (χ3v) is 5.53. The zero-order valence-electron chi connectivity index (χ0n) is 15.7.